The molecule has 1 fully saturated rings. The van der Waals surface area contributed by atoms with E-state index in [0.717, 1.165) is 24.8 Å². The van der Waals surface area contributed by atoms with Gasteiger partial charge < -0.3 is 15.5 Å². The molecule has 0 bridgehead atoms. The number of likely N-dealkylation sites (tertiary alicyclic amines) is 1. The SMILES string of the molecule is CCNc1nccc(NCCC2CCN(C)CC2)n1. The number of hydrogen-bond acceptors (Lipinski definition) is 5. The summed E-state index contributed by atoms with van der Waals surface area (Å²) in [6.45, 7) is 6.37. The van der Waals surface area contributed by atoms with Crippen LogP contribution in [0.3, 0.4) is 0 Å². The molecule has 0 amide bonds. The molecule has 5 heteroatoms. The van der Waals surface area contributed by atoms with Crippen LogP contribution in [-0.2, 0) is 0 Å². The van der Waals surface area contributed by atoms with Gasteiger partial charge in [-0.3, -0.25) is 0 Å². The van der Waals surface area contributed by atoms with Crippen molar-refractivity contribution in [3.63, 3.8) is 0 Å². The van der Waals surface area contributed by atoms with Crippen LogP contribution in [0.2, 0.25) is 0 Å². The minimum atomic E-state index is 0.701. The van der Waals surface area contributed by atoms with E-state index in [0.29, 0.717) is 5.95 Å². The van der Waals surface area contributed by atoms with Crippen molar-refractivity contribution < 1.29 is 0 Å². The van der Waals surface area contributed by atoms with Gasteiger partial charge in [-0.1, -0.05) is 0 Å². The Morgan fingerprint density at radius 2 is 2.11 bits per heavy atom. The van der Waals surface area contributed by atoms with Gasteiger partial charge in [0.05, 0.1) is 0 Å². The first-order valence-electron chi connectivity index (χ1n) is 7.27. The summed E-state index contributed by atoms with van der Waals surface area (Å²) in [5, 5.41) is 6.52. The Morgan fingerprint density at radius 3 is 2.84 bits per heavy atom. The third-order valence-corrected chi connectivity index (χ3v) is 3.69. The maximum atomic E-state index is 4.42. The quantitative estimate of drug-likeness (QED) is 0.822. The van der Waals surface area contributed by atoms with Crippen molar-refractivity contribution in [1.29, 1.82) is 0 Å². The molecule has 106 valence electrons. The van der Waals surface area contributed by atoms with Gasteiger partial charge in [-0.15, -0.1) is 0 Å². The van der Waals surface area contributed by atoms with Crippen LogP contribution in [0.4, 0.5) is 11.8 Å². The summed E-state index contributed by atoms with van der Waals surface area (Å²) in [4.78, 5) is 11.0. The lowest BCUT2D eigenvalue weighted by Gasteiger charge is -2.28. The number of piperidine rings is 1. The van der Waals surface area contributed by atoms with Gasteiger partial charge in [0.2, 0.25) is 5.95 Å². The molecule has 0 unspecified atom stereocenters. The second kappa shape index (κ2) is 7.28. The molecule has 19 heavy (non-hydrogen) atoms. The van der Waals surface area contributed by atoms with Crippen molar-refractivity contribution in [3.8, 4) is 0 Å². The normalized spacial score (nSPS) is 17.4. The zero-order valence-corrected chi connectivity index (χ0v) is 12.0. The predicted octanol–water partition coefficient (Wildman–Crippen LogP) is 2.05. The lowest BCUT2D eigenvalue weighted by Crippen LogP contribution is -2.30. The van der Waals surface area contributed by atoms with Crippen LogP contribution in [-0.4, -0.2) is 48.1 Å². The fourth-order valence-corrected chi connectivity index (χ4v) is 2.46. The zero-order valence-electron chi connectivity index (χ0n) is 12.0. The molecule has 0 spiro atoms. The number of hydrogen-bond donors (Lipinski definition) is 2. The molecule has 1 aromatic rings. The molecule has 2 rings (SSSR count). The maximum Gasteiger partial charge on any atom is 0.224 e. The fourth-order valence-electron chi connectivity index (χ4n) is 2.46. The highest BCUT2D eigenvalue weighted by atomic mass is 15.1. The van der Waals surface area contributed by atoms with E-state index in [9.17, 15) is 0 Å². The van der Waals surface area contributed by atoms with Crippen molar-refractivity contribution in [2.45, 2.75) is 26.2 Å². The van der Waals surface area contributed by atoms with Crippen molar-refractivity contribution in [2.75, 3.05) is 43.9 Å². The summed E-state index contributed by atoms with van der Waals surface area (Å²) in [7, 11) is 2.21. The molecule has 0 saturated carbocycles. The summed E-state index contributed by atoms with van der Waals surface area (Å²) in [5.41, 5.74) is 0. The molecule has 0 radical (unpaired) electrons. The monoisotopic (exact) mass is 263 g/mol. The number of rotatable bonds is 6. The Labute approximate surface area is 115 Å². The van der Waals surface area contributed by atoms with Gasteiger partial charge in [0.1, 0.15) is 5.82 Å². The van der Waals surface area contributed by atoms with Crippen LogP contribution in [0.15, 0.2) is 12.3 Å². The van der Waals surface area contributed by atoms with E-state index in [2.05, 4.69) is 32.5 Å². The van der Waals surface area contributed by atoms with Gasteiger partial charge >= 0.3 is 0 Å². The molecule has 2 N–H and O–H groups in total. The Morgan fingerprint density at radius 1 is 1.32 bits per heavy atom. The van der Waals surface area contributed by atoms with Crippen LogP contribution in [0.5, 0.6) is 0 Å². The predicted molar refractivity (Wildman–Crippen MR) is 79.5 cm³/mol. The Bertz CT molecular complexity index is 374. The molecule has 1 aliphatic rings. The van der Waals surface area contributed by atoms with Crippen LogP contribution >= 0.6 is 0 Å². The highest BCUT2D eigenvalue weighted by Crippen LogP contribution is 2.19. The molecule has 2 heterocycles. The van der Waals surface area contributed by atoms with Gasteiger partial charge in [0.25, 0.3) is 0 Å². The number of nitrogens with zero attached hydrogens (tertiary/aromatic N) is 3. The van der Waals surface area contributed by atoms with Gasteiger partial charge in [0, 0.05) is 19.3 Å². The molecule has 5 nitrogen and oxygen atoms in total. The van der Waals surface area contributed by atoms with Crippen LogP contribution in [0.1, 0.15) is 26.2 Å². The molecule has 0 aliphatic carbocycles. The topological polar surface area (TPSA) is 53.1 Å². The highest BCUT2D eigenvalue weighted by molar-refractivity contribution is 5.39. The number of aromatic nitrogens is 2. The second-order valence-corrected chi connectivity index (χ2v) is 5.26. The molecular weight excluding hydrogens is 238 g/mol. The summed E-state index contributed by atoms with van der Waals surface area (Å²) in [6.07, 6.45) is 5.67. The van der Waals surface area contributed by atoms with E-state index in [4.69, 9.17) is 0 Å². The van der Waals surface area contributed by atoms with E-state index < -0.39 is 0 Å². The summed E-state index contributed by atoms with van der Waals surface area (Å²) >= 11 is 0. The Balaban J connectivity index is 1.71. The molecule has 0 aromatic carbocycles. The first-order valence-corrected chi connectivity index (χ1v) is 7.27. The summed E-state index contributed by atoms with van der Waals surface area (Å²) in [5.74, 6) is 2.48. The molecule has 0 atom stereocenters. The number of nitrogens with one attached hydrogen (secondary N) is 2. The van der Waals surface area contributed by atoms with Gasteiger partial charge in [-0.2, -0.15) is 4.98 Å². The standard InChI is InChI=1S/C14H25N5/c1-3-15-14-17-9-5-13(18-14)16-8-4-12-6-10-19(2)11-7-12/h5,9,12H,3-4,6-8,10-11H2,1-2H3,(H2,15,16,17,18). The maximum absolute atomic E-state index is 4.42. The minimum absolute atomic E-state index is 0.701. The van der Waals surface area contributed by atoms with Crippen LogP contribution in [0.25, 0.3) is 0 Å². The van der Waals surface area contributed by atoms with Crippen molar-refractivity contribution >= 4 is 11.8 Å². The summed E-state index contributed by atoms with van der Waals surface area (Å²) < 4.78 is 0. The third-order valence-electron chi connectivity index (χ3n) is 3.69. The molecule has 1 saturated heterocycles. The van der Waals surface area contributed by atoms with Crippen molar-refractivity contribution in [1.82, 2.24) is 14.9 Å². The van der Waals surface area contributed by atoms with Crippen molar-refractivity contribution in [2.24, 2.45) is 5.92 Å². The average Bonchev–Trinajstić information content (AvgIpc) is 2.42. The van der Waals surface area contributed by atoms with E-state index in [1.54, 1.807) is 6.20 Å². The van der Waals surface area contributed by atoms with E-state index in [1.165, 1.54) is 32.4 Å². The average molecular weight is 263 g/mol. The van der Waals surface area contributed by atoms with Crippen LogP contribution < -0.4 is 10.6 Å². The highest BCUT2D eigenvalue weighted by Gasteiger charge is 2.15. The first kappa shape index (κ1) is 14.1. The van der Waals surface area contributed by atoms with Gasteiger partial charge in [-0.25, -0.2) is 4.98 Å². The smallest absolute Gasteiger partial charge is 0.224 e. The third kappa shape index (κ3) is 4.67. The number of anilines is 2. The van der Waals surface area contributed by atoms with Crippen molar-refractivity contribution in [3.05, 3.63) is 12.3 Å². The Kier molecular flexibility index (Phi) is 5.39. The largest absolute Gasteiger partial charge is 0.370 e. The molecule has 1 aromatic heterocycles. The lowest BCUT2D eigenvalue weighted by molar-refractivity contribution is 0.215. The second-order valence-electron chi connectivity index (χ2n) is 5.26. The zero-order chi connectivity index (χ0) is 13.5. The van der Waals surface area contributed by atoms with E-state index in [-0.39, 0.29) is 0 Å². The Hall–Kier alpha value is -1.36. The minimum Gasteiger partial charge on any atom is -0.370 e. The summed E-state index contributed by atoms with van der Waals surface area (Å²) in [6, 6.07) is 1.93. The van der Waals surface area contributed by atoms with Crippen LogP contribution in [0, 0.1) is 5.92 Å². The fraction of sp³-hybridized carbons (Fsp3) is 0.714. The molecule has 1 aliphatic heterocycles. The van der Waals surface area contributed by atoms with Gasteiger partial charge in [-0.05, 0) is 58.3 Å². The van der Waals surface area contributed by atoms with E-state index in [1.807, 2.05) is 13.0 Å². The molecular formula is C14H25N5. The van der Waals surface area contributed by atoms with Gasteiger partial charge in [0.15, 0.2) is 0 Å². The lowest BCUT2D eigenvalue weighted by atomic mass is 9.94. The van der Waals surface area contributed by atoms with E-state index >= 15 is 0 Å². The first-order chi connectivity index (χ1) is 9.28.